The maximum absolute atomic E-state index is 13.1. The molecular formula is C26H32Cl2N6O2. The molecule has 1 aromatic carbocycles. The van der Waals surface area contributed by atoms with Gasteiger partial charge in [0.15, 0.2) is 0 Å². The number of allylic oxidation sites excluding steroid dienone is 6. The van der Waals surface area contributed by atoms with E-state index in [0.717, 1.165) is 41.9 Å². The highest BCUT2D eigenvalue weighted by atomic mass is 35.5. The van der Waals surface area contributed by atoms with Crippen molar-refractivity contribution in [2.75, 3.05) is 46.9 Å². The molecule has 1 aliphatic heterocycles. The van der Waals surface area contributed by atoms with Crippen LogP contribution >= 0.6 is 23.2 Å². The van der Waals surface area contributed by atoms with Crippen LogP contribution in [-0.4, -0.2) is 77.1 Å². The van der Waals surface area contributed by atoms with Gasteiger partial charge >= 0.3 is 0 Å². The van der Waals surface area contributed by atoms with Crippen LogP contribution in [0.15, 0.2) is 76.0 Å². The lowest BCUT2D eigenvalue weighted by Gasteiger charge is -2.37. The fourth-order valence-electron chi connectivity index (χ4n) is 4.38. The summed E-state index contributed by atoms with van der Waals surface area (Å²) in [5.41, 5.74) is 6.92. The number of para-hydroxylation sites is 2. The summed E-state index contributed by atoms with van der Waals surface area (Å²) in [7, 11) is 3.42. The molecule has 0 saturated carbocycles. The summed E-state index contributed by atoms with van der Waals surface area (Å²) in [6.07, 6.45) is 8.56. The zero-order valence-electron chi connectivity index (χ0n) is 20.9. The first-order chi connectivity index (χ1) is 17.4. The summed E-state index contributed by atoms with van der Waals surface area (Å²) in [5.74, 6) is 0.708. The first-order valence-corrected chi connectivity index (χ1v) is 12.7. The molecule has 36 heavy (non-hydrogen) atoms. The highest BCUT2D eigenvalue weighted by Gasteiger charge is 2.24. The van der Waals surface area contributed by atoms with E-state index < -0.39 is 0 Å². The lowest BCUT2D eigenvalue weighted by atomic mass is 10.2. The van der Waals surface area contributed by atoms with E-state index >= 15 is 0 Å². The lowest BCUT2D eigenvalue weighted by molar-refractivity contribution is -0.134. The number of rotatable bonds is 8. The van der Waals surface area contributed by atoms with Gasteiger partial charge in [0.1, 0.15) is 12.3 Å². The van der Waals surface area contributed by atoms with E-state index in [2.05, 4.69) is 21.4 Å². The second-order valence-corrected chi connectivity index (χ2v) is 9.52. The van der Waals surface area contributed by atoms with Crippen LogP contribution < -0.4 is 5.43 Å². The van der Waals surface area contributed by atoms with Gasteiger partial charge < -0.3 is 24.1 Å². The molecule has 0 bridgehead atoms. The monoisotopic (exact) mass is 530 g/mol. The second-order valence-electron chi connectivity index (χ2n) is 8.66. The number of fused-ring (bicyclic) bond motifs is 1. The van der Waals surface area contributed by atoms with Gasteiger partial charge in [0.2, 0.25) is 5.91 Å². The summed E-state index contributed by atoms with van der Waals surface area (Å²) in [6.45, 7) is 5.35. The second kappa shape index (κ2) is 11.9. The fraction of sp³-hybridized carbons (Fsp3) is 0.385. The molecule has 1 amide bonds. The SMILES string of the molecule is CNN(CC(=O)N1CCN(C2=CCC=C(Cl)C(OC)=C2)CC1)/C(C)=C(/Cl)Cn1cnc2ccccc21. The summed E-state index contributed by atoms with van der Waals surface area (Å²) in [4.78, 5) is 21.7. The molecule has 2 aliphatic rings. The van der Waals surface area contributed by atoms with Crippen molar-refractivity contribution in [3.63, 3.8) is 0 Å². The molecule has 4 rings (SSSR count). The van der Waals surface area contributed by atoms with Crippen LogP contribution in [0.5, 0.6) is 0 Å². The standard InChI is InChI=1S/C26H32Cl2N6O2/c1-19(22(28)16-33-18-30-23-9-4-5-10-24(23)33)34(29-2)17-26(35)32-13-11-31(12-14-32)20-7-6-8-21(27)25(15-20)36-3/h4-5,7-10,15,18,29H,6,11-14,16-17H2,1-3H3/b22-19+. The van der Waals surface area contributed by atoms with Crippen molar-refractivity contribution < 1.29 is 9.53 Å². The van der Waals surface area contributed by atoms with Crippen molar-refractivity contribution in [3.8, 4) is 0 Å². The summed E-state index contributed by atoms with van der Waals surface area (Å²) < 4.78 is 7.42. The summed E-state index contributed by atoms with van der Waals surface area (Å²) in [5, 5.41) is 3.05. The van der Waals surface area contributed by atoms with Crippen LogP contribution in [-0.2, 0) is 16.1 Å². The van der Waals surface area contributed by atoms with Crippen LogP contribution in [0.25, 0.3) is 11.0 Å². The highest BCUT2D eigenvalue weighted by Crippen LogP contribution is 2.25. The molecule has 1 aliphatic carbocycles. The van der Waals surface area contributed by atoms with Crippen LogP contribution in [0.1, 0.15) is 13.3 Å². The number of aromatic nitrogens is 2. The van der Waals surface area contributed by atoms with Crippen molar-refractivity contribution in [2.24, 2.45) is 0 Å². The number of benzene rings is 1. The Labute approximate surface area is 222 Å². The topological polar surface area (TPSA) is 65.9 Å². The third-order valence-electron chi connectivity index (χ3n) is 6.55. The fourth-order valence-corrected chi connectivity index (χ4v) is 4.84. The van der Waals surface area contributed by atoms with Gasteiger partial charge in [-0.15, -0.1) is 0 Å². The van der Waals surface area contributed by atoms with Crippen molar-refractivity contribution in [3.05, 3.63) is 76.0 Å². The average Bonchev–Trinajstić information content (AvgIpc) is 3.20. The van der Waals surface area contributed by atoms with E-state index in [1.807, 2.05) is 52.8 Å². The molecule has 1 fully saturated rings. The Kier molecular flexibility index (Phi) is 8.61. The number of nitrogens with one attached hydrogen (secondary N) is 1. The van der Waals surface area contributed by atoms with Crippen LogP contribution in [0.3, 0.4) is 0 Å². The van der Waals surface area contributed by atoms with E-state index in [0.29, 0.717) is 35.5 Å². The van der Waals surface area contributed by atoms with Crippen molar-refractivity contribution in [1.82, 2.24) is 29.8 Å². The number of nitrogens with zero attached hydrogens (tertiary/aromatic N) is 5. The minimum Gasteiger partial charge on any atom is -0.495 e. The van der Waals surface area contributed by atoms with Gasteiger partial charge in [-0.25, -0.2) is 10.4 Å². The molecule has 10 heteroatoms. The number of piperazine rings is 1. The molecule has 1 N–H and O–H groups in total. The number of imidazole rings is 1. The van der Waals surface area contributed by atoms with Gasteiger partial charge in [0, 0.05) is 50.7 Å². The van der Waals surface area contributed by atoms with E-state index in [9.17, 15) is 4.79 Å². The van der Waals surface area contributed by atoms with Gasteiger partial charge in [-0.2, -0.15) is 0 Å². The van der Waals surface area contributed by atoms with Crippen LogP contribution in [0.2, 0.25) is 0 Å². The number of carbonyl (C=O) groups excluding carboxylic acids is 1. The first-order valence-electron chi connectivity index (χ1n) is 12.0. The summed E-state index contributed by atoms with van der Waals surface area (Å²) >= 11 is 13.0. The Morgan fingerprint density at radius 2 is 1.94 bits per heavy atom. The zero-order valence-corrected chi connectivity index (χ0v) is 22.4. The van der Waals surface area contributed by atoms with Crippen LogP contribution in [0.4, 0.5) is 0 Å². The van der Waals surface area contributed by atoms with E-state index in [1.54, 1.807) is 25.5 Å². The number of hydrogen-bond acceptors (Lipinski definition) is 6. The number of hydrazine groups is 1. The number of amides is 1. The molecule has 1 saturated heterocycles. The third-order valence-corrected chi connectivity index (χ3v) is 7.29. The molecule has 0 atom stereocenters. The number of methoxy groups -OCH3 is 1. The maximum Gasteiger partial charge on any atom is 0.243 e. The molecule has 8 nitrogen and oxygen atoms in total. The quantitative estimate of drug-likeness (QED) is 0.519. The van der Waals surface area contributed by atoms with E-state index in [4.69, 9.17) is 27.9 Å². The molecular weight excluding hydrogens is 499 g/mol. The third kappa shape index (κ3) is 5.88. The van der Waals surface area contributed by atoms with Gasteiger partial charge in [-0.3, -0.25) is 4.79 Å². The van der Waals surface area contributed by atoms with E-state index in [1.165, 1.54) is 0 Å². The van der Waals surface area contributed by atoms with Crippen molar-refractivity contribution >= 4 is 40.1 Å². The van der Waals surface area contributed by atoms with Crippen LogP contribution in [0, 0.1) is 0 Å². The Bertz CT molecular complexity index is 1220. The smallest absolute Gasteiger partial charge is 0.243 e. The van der Waals surface area contributed by atoms with Crippen molar-refractivity contribution in [2.45, 2.75) is 19.9 Å². The highest BCUT2D eigenvalue weighted by molar-refractivity contribution is 6.31. The normalized spacial score (nSPS) is 17.2. The molecule has 0 spiro atoms. The summed E-state index contributed by atoms with van der Waals surface area (Å²) in [6, 6.07) is 7.93. The Hall–Kier alpha value is -2.94. The minimum atomic E-state index is 0.0496. The average molecular weight is 531 g/mol. The van der Waals surface area contributed by atoms with E-state index in [-0.39, 0.29) is 12.5 Å². The van der Waals surface area contributed by atoms with Gasteiger partial charge in [0.05, 0.1) is 41.1 Å². The Morgan fingerprint density at radius 1 is 1.19 bits per heavy atom. The maximum atomic E-state index is 13.1. The number of halogens is 2. The van der Waals surface area contributed by atoms with Gasteiger partial charge in [0.25, 0.3) is 0 Å². The van der Waals surface area contributed by atoms with Gasteiger partial charge in [-0.1, -0.05) is 47.5 Å². The largest absolute Gasteiger partial charge is 0.495 e. The molecule has 192 valence electrons. The first kappa shape index (κ1) is 26.1. The molecule has 2 aromatic rings. The molecule has 1 aromatic heterocycles. The molecule has 2 heterocycles. The zero-order chi connectivity index (χ0) is 25.7. The van der Waals surface area contributed by atoms with Crippen molar-refractivity contribution in [1.29, 1.82) is 0 Å². The Balaban J connectivity index is 1.36. The number of ether oxygens (including phenoxy) is 1. The number of hydrogen-bond donors (Lipinski definition) is 1. The molecule has 0 unspecified atom stereocenters. The lowest BCUT2D eigenvalue weighted by Crippen LogP contribution is -2.51. The predicted octanol–water partition coefficient (Wildman–Crippen LogP) is 4.03. The predicted molar refractivity (Wildman–Crippen MR) is 144 cm³/mol. The minimum absolute atomic E-state index is 0.0496. The van der Waals surface area contributed by atoms with Gasteiger partial charge in [-0.05, 0) is 25.5 Å². The number of carbonyl (C=O) groups is 1. The molecule has 0 radical (unpaired) electrons. The Morgan fingerprint density at radius 3 is 2.67 bits per heavy atom.